The van der Waals surface area contributed by atoms with Crippen LogP contribution in [0.25, 0.3) is 0 Å². The molecule has 0 saturated carbocycles. The first-order valence-corrected chi connectivity index (χ1v) is 5.50. The first-order chi connectivity index (χ1) is 7.36. The maximum absolute atomic E-state index is 5.85. The fourth-order valence-corrected chi connectivity index (χ4v) is 1.80. The van der Waals surface area contributed by atoms with E-state index in [-0.39, 0.29) is 0 Å². The van der Waals surface area contributed by atoms with Crippen LogP contribution in [0.3, 0.4) is 0 Å². The lowest BCUT2D eigenvalue weighted by molar-refractivity contribution is 0.101. The Morgan fingerprint density at radius 1 is 1.47 bits per heavy atom. The Morgan fingerprint density at radius 2 is 2.33 bits per heavy atom. The summed E-state index contributed by atoms with van der Waals surface area (Å²) in [7, 11) is 0. The molecule has 0 spiro atoms. The number of rotatable bonds is 4. The van der Waals surface area contributed by atoms with Crippen molar-refractivity contribution in [3.63, 3.8) is 0 Å². The number of nitrogens with zero attached hydrogens (tertiary/aromatic N) is 2. The molecule has 1 aliphatic heterocycles. The number of ether oxygens (including phenoxy) is 1. The standard InChI is InChI=1S/C10H14ClN3O/c11-10-9(13-4-5-14-10)7-15-6-8-2-1-3-12-8/h4-5,8,12H,1-3,6-7H2. The zero-order valence-electron chi connectivity index (χ0n) is 8.45. The molecular weight excluding hydrogens is 214 g/mol. The summed E-state index contributed by atoms with van der Waals surface area (Å²) in [6.07, 6.45) is 5.62. The van der Waals surface area contributed by atoms with Crippen molar-refractivity contribution in [2.24, 2.45) is 0 Å². The highest BCUT2D eigenvalue weighted by molar-refractivity contribution is 6.29. The van der Waals surface area contributed by atoms with Crippen LogP contribution in [0.15, 0.2) is 12.4 Å². The average Bonchev–Trinajstić information content (AvgIpc) is 2.74. The van der Waals surface area contributed by atoms with Gasteiger partial charge in [0.05, 0.1) is 13.2 Å². The Kier molecular flexibility index (Phi) is 3.88. The van der Waals surface area contributed by atoms with Crippen molar-refractivity contribution in [2.75, 3.05) is 13.2 Å². The monoisotopic (exact) mass is 227 g/mol. The summed E-state index contributed by atoms with van der Waals surface area (Å²) in [5.41, 5.74) is 0.706. The maximum Gasteiger partial charge on any atom is 0.152 e. The second-order valence-corrected chi connectivity index (χ2v) is 3.96. The quantitative estimate of drug-likeness (QED) is 0.845. The van der Waals surface area contributed by atoms with Crippen LogP contribution >= 0.6 is 11.6 Å². The van der Waals surface area contributed by atoms with E-state index in [2.05, 4.69) is 15.3 Å². The minimum Gasteiger partial charge on any atom is -0.373 e. The molecule has 82 valence electrons. The number of nitrogens with one attached hydrogen (secondary N) is 1. The van der Waals surface area contributed by atoms with Gasteiger partial charge in [0.1, 0.15) is 5.69 Å². The van der Waals surface area contributed by atoms with Crippen molar-refractivity contribution in [3.8, 4) is 0 Å². The predicted octanol–water partition coefficient (Wildman–Crippen LogP) is 1.40. The summed E-state index contributed by atoms with van der Waals surface area (Å²) in [5, 5.41) is 3.79. The molecule has 2 heterocycles. The molecule has 0 aliphatic carbocycles. The second kappa shape index (κ2) is 5.39. The molecule has 0 radical (unpaired) electrons. The van der Waals surface area contributed by atoms with Crippen LogP contribution < -0.4 is 5.32 Å². The van der Waals surface area contributed by atoms with Crippen molar-refractivity contribution >= 4 is 11.6 Å². The molecule has 15 heavy (non-hydrogen) atoms. The molecule has 2 rings (SSSR count). The Labute approximate surface area is 94.0 Å². The molecule has 1 fully saturated rings. The van der Waals surface area contributed by atoms with Gasteiger partial charge in [-0.2, -0.15) is 0 Å². The Morgan fingerprint density at radius 3 is 3.07 bits per heavy atom. The zero-order chi connectivity index (χ0) is 10.5. The third-order valence-corrected chi connectivity index (χ3v) is 2.76. The van der Waals surface area contributed by atoms with Crippen LogP contribution in [-0.4, -0.2) is 29.2 Å². The highest BCUT2D eigenvalue weighted by Gasteiger charge is 2.14. The van der Waals surface area contributed by atoms with Gasteiger partial charge in [0, 0.05) is 18.4 Å². The highest BCUT2D eigenvalue weighted by Crippen LogP contribution is 2.11. The van der Waals surface area contributed by atoms with Gasteiger partial charge in [0.2, 0.25) is 0 Å². The first-order valence-electron chi connectivity index (χ1n) is 5.13. The van der Waals surface area contributed by atoms with E-state index in [0.717, 1.165) is 6.54 Å². The zero-order valence-corrected chi connectivity index (χ0v) is 9.20. The van der Waals surface area contributed by atoms with Crippen LogP contribution in [-0.2, 0) is 11.3 Å². The lowest BCUT2D eigenvalue weighted by Crippen LogP contribution is -2.26. The number of hydrogen-bond acceptors (Lipinski definition) is 4. The number of aromatic nitrogens is 2. The fraction of sp³-hybridized carbons (Fsp3) is 0.600. The lowest BCUT2D eigenvalue weighted by Gasteiger charge is -2.10. The smallest absolute Gasteiger partial charge is 0.152 e. The molecule has 1 aliphatic rings. The van der Waals surface area contributed by atoms with Crippen LogP contribution in [0.2, 0.25) is 5.15 Å². The molecule has 1 unspecified atom stereocenters. The summed E-state index contributed by atoms with van der Waals surface area (Å²) >= 11 is 5.85. The van der Waals surface area contributed by atoms with Crippen molar-refractivity contribution in [2.45, 2.75) is 25.5 Å². The topological polar surface area (TPSA) is 47.0 Å². The third-order valence-electron chi connectivity index (χ3n) is 2.44. The van der Waals surface area contributed by atoms with Crippen LogP contribution in [0.5, 0.6) is 0 Å². The van der Waals surface area contributed by atoms with Crippen LogP contribution in [0, 0.1) is 0 Å². The van der Waals surface area contributed by atoms with E-state index in [4.69, 9.17) is 16.3 Å². The van der Waals surface area contributed by atoms with E-state index in [0.29, 0.717) is 30.1 Å². The van der Waals surface area contributed by atoms with Crippen molar-refractivity contribution in [3.05, 3.63) is 23.2 Å². The summed E-state index contributed by atoms with van der Waals surface area (Å²) in [6.45, 7) is 2.25. The van der Waals surface area contributed by atoms with Gasteiger partial charge in [0.25, 0.3) is 0 Å². The molecule has 5 heteroatoms. The Balaban J connectivity index is 1.75. The molecule has 1 atom stereocenters. The highest BCUT2D eigenvalue weighted by atomic mass is 35.5. The number of hydrogen-bond donors (Lipinski definition) is 1. The fourth-order valence-electron chi connectivity index (χ4n) is 1.64. The van der Waals surface area contributed by atoms with Crippen molar-refractivity contribution in [1.29, 1.82) is 0 Å². The van der Waals surface area contributed by atoms with Crippen LogP contribution in [0.1, 0.15) is 18.5 Å². The molecule has 4 nitrogen and oxygen atoms in total. The van der Waals surface area contributed by atoms with E-state index < -0.39 is 0 Å². The van der Waals surface area contributed by atoms with E-state index >= 15 is 0 Å². The minimum atomic E-state index is 0.428. The van der Waals surface area contributed by atoms with E-state index in [9.17, 15) is 0 Å². The summed E-state index contributed by atoms with van der Waals surface area (Å²) in [5.74, 6) is 0. The van der Waals surface area contributed by atoms with Gasteiger partial charge >= 0.3 is 0 Å². The molecule has 0 amide bonds. The van der Waals surface area contributed by atoms with E-state index in [1.165, 1.54) is 12.8 Å². The summed E-state index contributed by atoms with van der Waals surface area (Å²) in [4.78, 5) is 8.04. The van der Waals surface area contributed by atoms with Gasteiger partial charge in [-0.3, -0.25) is 4.98 Å². The molecule has 1 aromatic rings. The van der Waals surface area contributed by atoms with Gasteiger partial charge in [0.15, 0.2) is 5.15 Å². The molecule has 1 aromatic heterocycles. The molecule has 0 aromatic carbocycles. The Bertz CT molecular complexity index is 315. The molecule has 1 saturated heterocycles. The Hall–Kier alpha value is -0.710. The normalized spacial score (nSPS) is 20.7. The second-order valence-electron chi connectivity index (χ2n) is 3.60. The maximum atomic E-state index is 5.85. The first kappa shape index (κ1) is 10.8. The molecule has 1 N–H and O–H groups in total. The third kappa shape index (κ3) is 3.12. The minimum absolute atomic E-state index is 0.428. The van der Waals surface area contributed by atoms with Gasteiger partial charge in [-0.15, -0.1) is 0 Å². The largest absolute Gasteiger partial charge is 0.373 e. The predicted molar refractivity (Wildman–Crippen MR) is 57.7 cm³/mol. The average molecular weight is 228 g/mol. The lowest BCUT2D eigenvalue weighted by atomic mass is 10.2. The van der Waals surface area contributed by atoms with Crippen LogP contribution in [0.4, 0.5) is 0 Å². The van der Waals surface area contributed by atoms with Gasteiger partial charge in [-0.05, 0) is 19.4 Å². The summed E-state index contributed by atoms with van der Waals surface area (Å²) in [6, 6.07) is 0.487. The van der Waals surface area contributed by atoms with Crippen molar-refractivity contribution < 1.29 is 4.74 Å². The summed E-state index contributed by atoms with van der Waals surface area (Å²) < 4.78 is 5.54. The van der Waals surface area contributed by atoms with Gasteiger partial charge < -0.3 is 10.1 Å². The SMILES string of the molecule is Clc1nccnc1COCC1CCCN1. The van der Waals surface area contributed by atoms with E-state index in [1.54, 1.807) is 12.4 Å². The van der Waals surface area contributed by atoms with Crippen molar-refractivity contribution in [1.82, 2.24) is 15.3 Å². The molecule has 0 bridgehead atoms. The van der Waals surface area contributed by atoms with Gasteiger partial charge in [-0.1, -0.05) is 11.6 Å². The number of halogens is 1. The van der Waals surface area contributed by atoms with Gasteiger partial charge in [-0.25, -0.2) is 4.98 Å². The molecular formula is C10H14ClN3O. The van der Waals surface area contributed by atoms with E-state index in [1.807, 2.05) is 0 Å².